The fraction of sp³-hybridized carbons (Fsp3) is 0.882. The number of thioether (sulfide) groups is 1. The second-order valence-corrected chi connectivity index (χ2v) is 6.78. The smallest absolute Gasteiger partial charge is 0.303 e. The van der Waals surface area contributed by atoms with Gasteiger partial charge in [-0.2, -0.15) is 11.8 Å². The standard InChI is InChI=1S/C17H31NO2S/c1-18-14-10-7-5-3-2-4-6-8-11-15-21-16-12-9-13-17(19)20/h1H,2-16H2/p+1. The van der Waals surface area contributed by atoms with Crippen LogP contribution in [-0.4, -0.2) is 29.1 Å². The molecule has 0 aliphatic carbocycles. The van der Waals surface area contributed by atoms with Crippen LogP contribution in [-0.2, 0) is 4.79 Å². The van der Waals surface area contributed by atoms with Crippen LogP contribution >= 0.6 is 11.8 Å². The fourth-order valence-electron chi connectivity index (χ4n) is 2.23. The second-order valence-electron chi connectivity index (χ2n) is 5.55. The maximum absolute atomic E-state index is 10.3. The second kappa shape index (κ2) is 17.4. The van der Waals surface area contributed by atoms with Crippen LogP contribution in [0.1, 0.15) is 77.0 Å². The van der Waals surface area contributed by atoms with E-state index in [1.165, 1.54) is 57.1 Å². The summed E-state index contributed by atoms with van der Waals surface area (Å²) in [6, 6.07) is 0. The summed E-state index contributed by atoms with van der Waals surface area (Å²) in [5.74, 6) is 1.67. The van der Waals surface area contributed by atoms with Crippen molar-refractivity contribution in [3.8, 4) is 6.57 Å². The maximum Gasteiger partial charge on any atom is 0.303 e. The summed E-state index contributed by atoms with van der Waals surface area (Å²) < 4.78 is 0. The molecule has 0 aliphatic heterocycles. The molecule has 0 aliphatic rings. The minimum atomic E-state index is -0.672. The summed E-state index contributed by atoms with van der Waals surface area (Å²) in [6.07, 6.45) is 14.0. The number of unbranched alkanes of at least 4 members (excludes halogenated alkanes) is 9. The Bertz CT molecular complexity index is 276. The first kappa shape index (κ1) is 20.3. The number of rotatable bonds is 16. The Kier molecular flexibility index (Phi) is 16.8. The fourth-order valence-corrected chi connectivity index (χ4v) is 3.25. The lowest BCUT2D eigenvalue weighted by Crippen LogP contribution is -1.94. The molecule has 0 aromatic carbocycles. The zero-order valence-electron chi connectivity index (χ0n) is 13.4. The van der Waals surface area contributed by atoms with E-state index in [1.807, 2.05) is 11.8 Å². The van der Waals surface area contributed by atoms with Crippen molar-refractivity contribution < 1.29 is 9.90 Å². The summed E-state index contributed by atoms with van der Waals surface area (Å²) >= 11 is 1.97. The first-order valence-electron chi connectivity index (χ1n) is 8.43. The Hall–Kier alpha value is -0.690. The third-order valence-corrected chi connectivity index (χ3v) is 4.66. The van der Waals surface area contributed by atoms with Crippen LogP contribution in [0.25, 0.3) is 4.85 Å². The normalized spacial score (nSPS) is 10.4. The molecule has 21 heavy (non-hydrogen) atoms. The molecular formula is C17H32NO2S+. The predicted octanol–water partition coefficient (Wildman–Crippen LogP) is 5.45. The van der Waals surface area contributed by atoms with Crippen LogP contribution in [0, 0.1) is 6.57 Å². The van der Waals surface area contributed by atoms with Crippen LogP contribution in [0.2, 0.25) is 0 Å². The molecule has 0 aromatic rings. The van der Waals surface area contributed by atoms with Gasteiger partial charge in [0.1, 0.15) is 0 Å². The van der Waals surface area contributed by atoms with Crippen molar-refractivity contribution >= 4 is 17.7 Å². The summed E-state index contributed by atoms with van der Waals surface area (Å²) in [5, 5.41) is 8.51. The molecule has 1 N–H and O–H groups in total. The lowest BCUT2D eigenvalue weighted by molar-refractivity contribution is -0.137. The lowest BCUT2D eigenvalue weighted by Gasteiger charge is -2.02. The molecule has 4 heteroatoms. The van der Waals surface area contributed by atoms with Gasteiger partial charge in [-0.3, -0.25) is 4.79 Å². The monoisotopic (exact) mass is 314 g/mol. The van der Waals surface area contributed by atoms with Crippen LogP contribution in [0.15, 0.2) is 0 Å². The Labute approximate surface area is 134 Å². The van der Waals surface area contributed by atoms with Gasteiger partial charge < -0.3 is 5.11 Å². The van der Waals surface area contributed by atoms with Crippen molar-refractivity contribution in [1.29, 1.82) is 0 Å². The van der Waals surface area contributed by atoms with Crippen LogP contribution in [0.5, 0.6) is 0 Å². The molecule has 0 saturated carbocycles. The SMILES string of the molecule is C#[N+]CCCCCCCCCCCSCCCCC(=O)O. The van der Waals surface area contributed by atoms with Gasteiger partial charge in [0.25, 0.3) is 13.1 Å². The quantitative estimate of drug-likeness (QED) is 0.385. The molecule has 0 radical (unpaired) electrons. The molecule has 0 saturated heterocycles. The highest BCUT2D eigenvalue weighted by Gasteiger charge is 1.97. The van der Waals surface area contributed by atoms with E-state index in [0.717, 1.165) is 31.6 Å². The van der Waals surface area contributed by atoms with Gasteiger partial charge in [0.05, 0.1) is 0 Å². The number of hydrogen-bond acceptors (Lipinski definition) is 2. The van der Waals surface area contributed by atoms with Crippen LogP contribution < -0.4 is 0 Å². The average molecular weight is 315 g/mol. The van der Waals surface area contributed by atoms with Crippen molar-refractivity contribution in [2.45, 2.75) is 77.0 Å². The topological polar surface area (TPSA) is 41.7 Å². The summed E-state index contributed by atoms with van der Waals surface area (Å²) in [4.78, 5) is 13.9. The molecule has 122 valence electrons. The summed E-state index contributed by atoms with van der Waals surface area (Å²) in [7, 11) is 0. The zero-order chi connectivity index (χ0) is 15.6. The molecule has 0 amide bonds. The largest absolute Gasteiger partial charge is 0.481 e. The van der Waals surface area contributed by atoms with Gasteiger partial charge in [-0.05, 0) is 37.2 Å². The van der Waals surface area contributed by atoms with Crippen molar-refractivity contribution in [2.24, 2.45) is 0 Å². The highest BCUT2D eigenvalue weighted by atomic mass is 32.2. The Morgan fingerprint density at radius 1 is 0.810 bits per heavy atom. The molecule has 0 atom stereocenters. The van der Waals surface area contributed by atoms with Gasteiger partial charge in [0, 0.05) is 12.8 Å². The minimum Gasteiger partial charge on any atom is -0.481 e. The number of carbonyl (C=O) groups is 1. The van der Waals surface area contributed by atoms with Gasteiger partial charge in [-0.25, -0.2) is 0 Å². The van der Waals surface area contributed by atoms with Gasteiger partial charge in [0.15, 0.2) is 0 Å². The van der Waals surface area contributed by atoms with E-state index >= 15 is 0 Å². The number of carboxylic acid groups (broad SMARTS) is 1. The third-order valence-electron chi connectivity index (χ3n) is 3.51. The van der Waals surface area contributed by atoms with Gasteiger partial charge in [-0.15, -0.1) is 0 Å². The molecule has 0 bridgehead atoms. The van der Waals surface area contributed by atoms with Crippen LogP contribution in [0.4, 0.5) is 0 Å². The van der Waals surface area contributed by atoms with E-state index in [1.54, 1.807) is 0 Å². The number of hydrogen-bond donors (Lipinski definition) is 1. The first-order chi connectivity index (χ1) is 10.3. The minimum absolute atomic E-state index is 0.321. The van der Waals surface area contributed by atoms with E-state index in [0.29, 0.717) is 6.42 Å². The molecular weight excluding hydrogens is 282 g/mol. The van der Waals surface area contributed by atoms with E-state index in [-0.39, 0.29) is 0 Å². The van der Waals surface area contributed by atoms with Gasteiger partial charge in [0.2, 0.25) is 0 Å². The number of aliphatic carboxylic acids is 1. The van der Waals surface area contributed by atoms with Crippen molar-refractivity contribution in [2.75, 3.05) is 18.1 Å². The van der Waals surface area contributed by atoms with E-state index in [4.69, 9.17) is 11.7 Å². The summed E-state index contributed by atoms with van der Waals surface area (Å²) in [6.45, 7) is 5.91. The molecule has 0 heterocycles. The molecule has 0 fully saturated rings. The Balaban J connectivity index is 2.96. The van der Waals surface area contributed by atoms with Crippen molar-refractivity contribution in [3.05, 3.63) is 4.85 Å². The number of nitrogens with zero attached hydrogens (tertiary/aromatic N) is 1. The summed E-state index contributed by atoms with van der Waals surface area (Å²) in [5.41, 5.74) is 0. The highest BCUT2D eigenvalue weighted by molar-refractivity contribution is 7.99. The van der Waals surface area contributed by atoms with Crippen LogP contribution in [0.3, 0.4) is 0 Å². The highest BCUT2D eigenvalue weighted by Crippen LogP contribution is 2.13. The first-order valence-corrected chi connectivity index (χ1v) is 9.59. The Morgan fingerprint density at radius 2 is 1.29 bits per heavy atom. The van der Waals surface area contributed by atoms with E-state index in [9.17, 15) is 4.79 Å². The molecule has 0 aromatic heterocycles. The van der Waals surface area contributed by atoms with E-state index < -0.39 is 5.97 Å². The predicted molar refractivity (Wildman–Crippen MR) is 93.5 cm³/mol. The lowest BCUT2D eigenvalue weighted by atomic mass is 10.1. The molecule has 0 rings (SSSR count). The van der Waals surface area contributed by atoms with Crippen molar-refractivity contribution in [1.82, 2.24) is 0 Å². The Morgan fingerprint density at radius 3 is 1.81 bits per heavy atom. The molecule has 0 spiro atoms. The van der Waals surface area contributed by atoms with E-state index in [2.05, 4.69) is 4.85 Å². The maximum atomic E-state index is 10.3. The molecule has 0 unspecified atom stereocenters. The third kappa shape index (κ3) is 19.3. The van der Waals surface area contributed by atoms with Gasteiger partial charge >= 0.3 is 5.97 Å². The average Bonchev–Trinajstić information content (AvgIpc) is 2.46. The number of carboxylic acids is 1. The van der Waals surface area contributed by atoms with Gasteiger partial charge in [-0.1, -0.05) is 43.4 Å². The van der Waals surface area contributed by atoms with Crippen molar-refractivity contribution in [3.63, 3.8) is 0 Å². The zero-order valence-corrected chi connectivity index (χ0v) is 14.2. The molecule has 3 nitrogen and oxygen atoms in total.